The van der Waals surface area contributed by atoms with Gasteiger partial charge in [-0.25, -0.2) is 4.98 Å². The van der Waals surface area contributed by atoms with Gasteiger partial charge in [0.05, 0.1) is 22.5 Å². The van der Waals surface area contributed by atoms with Crippen LogP contribution < -0.4 is 5.32 Å². The highest BCUT2D eigenvalue weighted by atomic mass is 32.1. The van der Waals surface area contributed by atoms with Gasteiger partial charge in [-0.15, -0.1) is 11.3 Å². The maximum Gasteiger partial charge on any atom is 0.259 e. The number of nitrogens with zero attached hydrogens (tertiary/aromatic N) is 3. The van der Waals surface area contributed by atoms with Crippen molar-refractivity contribution < 1.29 is 4.79 Å². The maximum absolute atomic E-state index is 12.8. The molecule has 1 atom stereocenters. The van der Waals surface area contributed by atoms with Crippen LogP contribution in [0.5, 0.6) is 0 Å². The lowest BCUT2D eigenvalue weighted by atomic mass is 10.0. The number of hydrogen-bond acceptors (Lipinski definition) is 5. The number of nitrogens with one attached hydrogen (secondary N) is 1. The minimum atomic E-state index is -0.152. The van der Waals surface area contributed by atoms with E-state index in [0.717, 1.165) is 53.4 Å². The average molecular weight is 395 g/mol. The molecule has 146 valence electrons. The molecule has 3 aromatic rings. The number of anilines is 1. The van der Waals surface area contributed by atoms with Crippen LogP contribution in [0.25, 0.3) is 10.9 Å². The number of pyridine rings is 1. The molecule has 6 heteroatoms. The first-order valence-electron chi connectivity index (χ1n) is 9.84. The topological polar surface area (TPSA) is 58.1 Å². The van der Waals surface area contributed by atoms with E-state index >= 15 is 0 Å². The lowest BCUT2D eigenvalue weighted by Crippen LogP contribution is -2.33. The van der Waals surface area contributed by atoms with Crippen LogP contribution >= 0.6 is 11.3 Å². The van der Waals surface area contributed by atoms with Gasteiger partial charge in [0.2, 0.25) is 0 Å². The van der Waals surface area contributed by atoms with Crippen LogP contribution in [0.3, 0.4) is 0 Å². The van der Waals surface area contributed by atoms with Crippen LogP contribution in [0.2, 0.25) is 0 Å². The van der Waals surface area contributed by atoms with E-state index in [-0.39, 0.29) is 5.91 Å². The Kier molecular flexibility index (Phi) is 5.42. The highest BCUT2D eigenvalue weighted by Gasteiger charge is 2.18. The predicted octanol–water partition coefficient (Wildman–Crippen LogP) is 4.79. The Bertz CT molecular complexity index is 1010. The number of benzene rings is 1. The Balaban J connectivity index is 1.47. The molecule has 1 N–H and O–H groups in total. The molecular weight excluding hydrogens is 368 g/mol. The quantitative estimate of drug-likeness (QED) is 0.691. The number of carbonyl (C=O) groups excluding carboxylic acids is 1. The lowest BCUT2D eigenvalue weighted by molar-refractivity contribution is 0.102. The van der Waals surface area contributed by atoms with E-state index < -0.39 is 0 Å². The zero-order chi connectivity index (χ0) is 19.7. The van der Waals surface area contributed by atoms with Crippen molar-refractivity contribution in [1.29, 1.82) is 0 Å². The van der Waals surface area contributed by atoms with Crippen LogP contribution in [0, 0.1) is 19.8 Å². The summed E-state index contributed by atoms with van der Waals surface area (Å²) < 4.78 is 0. The predicted molar refractivity (Wildman–Crippen MR) is 115 cm³/mol. The summed E-state index contributed by atoms with van der Waals surface area (Å²) >= 11 is 1.48. The smallest absolute Gasteiger partial charge is 0.259 e. The fourth-order valence-electron chi connectivity index (χ4n) is 3.88. The maximum atomic E-state index is 12.8. The Hall–Kier alpha value is -2.31. The molecule has 1 saturated heterocycles. The fraction of sp³-hybridized carbons (Fsp3) is 0.409. The van der Waals surface area contributed by atoms with Gasteiger partial charge < -0.3 is 0 Å². The number of hydrogen-bond donors (Lipinski definition) is 1. The van der Waals surface area contributed by atoms with Gasteiger partial charge in [0.25, 0.3) is 5.91 Å². The van der Waals surface area contributed by atoms with Crippen LogP contribution in [0.15, 0.2) is 29.6 Å². The van der Waals surface area contributed by atoms with Crippen molar-refractivity contribution in [2.45, 2.75) is 40.2 Å². The summed E-state index contributed by atoms with van der Waals surface area (Å²) in [6.07, 6.45) is 2.57. The molecule has 1 fully saturated rings. The summed E-state index contributed by atoms with van der Waals surface area (Å²) in [7, 11) is 0. The van der Waals surface area contributed by atoms with E-state index in [0.29, 0.717) is 10.7 Å². The first kappa shape index (κ1) is 19.0. The summed E-state index contributed by atoms with van der Waals surface area (Å²) in [5.74, 6) is 0.597. The number of amides is 1. The van der Waals surface area contributed by atoms with E-state index in [4.69, 9.17) is 0 Å². The molecule has 0 spiro atoms. The Labute approximate surface area is 169 Å². The van der Waals surface area contributed by atoms with Crippen molar-refractivity contribution in [3.05, 3.63) is 52.2 Å². The second-order valence-electron chi connectivity index (χ2n) is 7.90. The third kappa shape index (κ3) is 4.23. The van der Waals surface area contributed by atoms with Crippen molar-refractivity contribution in [3.8, 4) is 0 Å². The second kappa shape index (κ2) is 7.97. The molecule has 5 nitrogen and oxygen atoms in total. The summed E-state index contributed by atoms with van der Waals surface area (Å²) in [5, 5.41) is 6.63. The van der Waals surface area contributed by atoms with Gasteiger partial charge in [0.15, 0.2) is 5.13 Å². The number of likely N-dealkylation sites (tertiary alicyclic amines) is 1. The molecule has 4 rings (SSSR count). The number of aromatic nitrogens is 2. The van der Waals surface area contributed by atoms with E-state index in [1.54, 1.807) is 0 Å². The van der Waals surface area contributed by atoms with Crippen molar-refractivity contribution in [2.75, 3.05) is 18.4 Å². The minimum Gasteiger partial charge on any atom is -0.298 e. The Morgan fingerprint density at radius 2 is 2.14 bits per heavy atom. The van der Waals surface area contributed by atoms with Crippen LogP contribution in [0.4, 0.5) is 5.13 Å². The average Bonchev–Trinajstić information content (AvgIpc) is 3.08. The van der Waals surface area contributed by atoms with Crippen LogP contribution in [-0.4, -0.2) is 33.9 Å². The van der Waals surface area contributed by atoms with Crippen molar-refractivity contribution in [1.82, 2.24) is 14.9 Å². The Morgan fingerprint density at radius 1 is 1.29 bits per heavy atom. The SMILES string of the molecule is Cc1ccc2nc(C)c(C(=O)Nc3nc(CN4CCCC(C)C4)cs3)cc2c1. The number of aryl methyl sites for hydroxylation is 2. The molecule has 1 aromatic carbocycles. The molecule has 1 unspecified atom stereocenters. The van der Waals surface area contributed by atoms with E-state index in [1.165, 1.54) is 24.2 Å². The highest BCUT2D eigenvalue weighted by Crippen LogP contribution is 2.23. The van der Waals surface area contributed by atoms with E-state index in [1.807, 2.05) is 37.4 Å². The van der Waals surface area contributed by atoms with Gasteiger partial charge in [-0.05, 0) is 57.4 Å². The zero-order valence-electron chi connectivity index (χ0n) is 16.7. The van der Waals surface area contributed by atoms with Gasteiger partial charge in [-0.2, -0.15) is 0 Å². The molecule has 1 amide bonds. The normalized spacial score (nSPS) is 17.8. The minimum absolute atomic E-state index is 0.152. The lowest BCUT2D eigenvalue weighted by Gasteiger charge is -2.30. The standard InChI is InChI=1S/C22H26N4OS/c1-14-6-7-20-17(9-14)10-19(16(3)23-20)21(27)25-22-24-18(13-28-22)12-26-8-4-5-15(2)11-26/h6-7,9-10,13,15H,4-5,8,11-12H2,1-3H3,(H,24,25,27). The second-order valence-corrected chi connectivity index (χ2v) is 8.76. The summed E-state index contributed by atoms with van der Waals surface area (Å²) in [6.45, 7) is 9.33. The number of carbonyl (C=O) groups is 1. The van der Waals surface area contributed by atoms with Crippen molar-refractivity contribution in [3.63, 3.8) is 0 Å². The molecule has 1 aliphatic heterocycles. The highest BCUT2D eigenvalue weighted by molar-refractivity contribution is 7.14. The first-order chi connectivity index (χ1) is 13.5. The summed E-state index contributed by atoms with van der Waals surface area (Å²) in [5.41, 5.74) is 4.42. The molecule has 0 aliphatic carbocycles. The number of fused-ring (bicyclic) bond motifs is 1. The number of piperidine rings is 1. The molecule has 3 heterocycles. The third-order valence-corrected chi connectivity index (χ3v) is 6.11. The van der Waals surface area contributed by atoms with Crippen LogP contribution in [0.1, 0.15) is 47.1 Å². The van der Waals surface area contributed by atoms with Crippen molar-refractivity contribution in [2.24, 2.45) is 5.92 Å². The monoisotopic (exact) mass is 394 g/mol. The summed E-state index contributed by atoms with van der Waals surface area (Å²) in [4.78, 5) is 24.5. The number of rotatable bonds is 4. The van der Waals surface area contributed by atoms with Crippen LogP contribution in [-0.2, 0) is 6.54 Å². The molecule has 2 aromatic heterocycles. The fourth-order valence-corrected chi connectivity index (χ4v) is 4.58. The first-order valence-corrected chi connectivity index (χ1v) is 10.7. The molecule has 1 aliphatic rings. The van der Waals surface area contributed by atoms with Crippen molar-refractivity contribution >= 4 is 33.3 Å². The van der Waals surface area contributed by atoms with Gasteiger partial charge in [0.1, 0.15) is 0 Å². The molecule has 28 heavy (non-hydrogen) atoms. The zero-order valence-corrected chi connectivity index (χ0v) is 17.5. The molecule has 0 radical (unpaired) electrons. The van der Waals surface area contributed by atoms with Gasteiger partial charge >= 0.3 is 0 Å². The number of thiazole rings is 1. The largest absolute Gasteiger partial charge is 0.298 e. The van der Waals surface area contributed by atoms with Gasteiger partial charge in [0, 0.05) is 23.9 Å². The van der Waals surface area contributed by atoms with Gasteiger partial charge in [-0.1, -0.05) is 18.6 Å². The Morgan fingerprint density at radius 3 is 2.96 bits per heavy atom. The molecular formula is C22H26N4OS. The van der Waals surface area contributed by atoms with Gasteiger partial charge in [-0.3, -0.25) is 20.0 Å². The molecule has 0 saturated carbocycles. The third-order valence-electron chi connectivity index (χ3n) is 5.30. The molecule has 0 bridgehead atoms. The summed E-state index contributed by atoms with van der Waals surface area (Å²) in [6, 6.07) is 8.01. The van der Waals surface area contributed by atoms with E-state index in [2.05, 4.69) is 33.2 Å². The van der Waals surface area contributed by atoms with E-state index in [9.17, 15) is 4.79 Å².